The number of hydrogen-bond acceptors (Lipinski definition) is 2. The summed E-state index contributed by atoms with van der Waals surface area (Å²) < 4.78 is 0. The lowest BCUT2D eigenvalue weighted by molar-refractivity contribution is 0.282. The Kier molecular flexibility index (Phi) is 4.45. The highest BCUT2D eigenvalue weighted by Gasteiger charge is 2.01. The van der Waals surface area contributed by atoms with Gasteiger partial charge in [-0.3, -0.25) is 0 Å². The Bertz CT molecular complexity index is 517. The van der Waals surface area contributed by atoms with E-state index in [1.165, 1.54) is 21.6 Å². The summed E-state index contributed by atoms with van der Waals surface area (Å²) in [7, 11) is 0. The molecule has 1 N–H and O–H groups in total. The summed E-state index contributed by atoms with van der Waals surface area (Å²) >= 11 is 1.83. The quantitative estimate of drug-likeness (QED) is 0.834. The van der Waals surface area contributed by atoms with Crippen molar-refractivity contribution in [2.45, 2.75) is 31.1 Å². The molecule has 0 aromatic heterocycles. The molecule has 94 valence electrons. The van der Waals surface area contributed by atoms with Crippen molar-refractivity contribution in [3.05, 3.63) is 64.7 Å². The molecule has 0 aliphatic carbocycles. The molecule has 0 spiro atoms. The van der Waals surface area contributed by atoms with E-state index in [9.17, 15) is 0 Å². The summed E-state index contributed by atoms with van der Waals surface area (Å²) in [5.41, 5.74) is 5.02. The fourth-order valence-corrected chi connectivity index (χ4v) is 2.77. The van der Waals surface area contributed by atoms with Crippen molar-refractivity contribution < 1.29 is 5.11 Å². The van der Waals surface area contributed by atoms with Crippen LogP contribution in [0.1, 0.15) is 22.3 Å². The lowest BCUT2D eigenvalue weighted by Crippen LogP contribution is -1.88. The predicted octanol–water partition coefficient (Wildman–Crippen LogP) is 4.09. The van der Waals surface area contributed by atoms with E-state index in [4.69, 9.17) is 5.11 Å². The molecular weight excluding hydrogens is 240 g/mol. The molecular formula is C16H18OS. The molecule has 0 heterocycles. The fraction of sp³-hybridized carbons (Fsp3) is 0.250. The molecule has 0 aliphatic rings. The highest BCUT2D eigenvalue weighted by atomic mass is 32.2. The highest BCUT2D eigenvalue weighted by Crippen LogP contribution is 2.25. The number of aliphatic hydroxyl groups is 1. The van der Waals surface area contributed by atoms with Crippen molar-refractivity contribution in [2.24, 2.45) is 0 Å². The molecule has 0 bridgehead atoms. The summed E-state index contributed by atoms with van der Waals surface area (Å²) in [6, 6.07) is 14.7. The van der Waals surface area contributed by atoms with E-state index < -0.39 is 0 Å². The first-order valence-corrected chi connectivity index (χ1v) is 7.06. The molecule has 2 heteroatoms. The second kappa shape index (κ2) is 6.07. The minimum atomic E-state index is 0.113. The van der Waals surface area contributed by atoms with Crippen LogP contribution in [-0.2, 0) is 12.4 Å². The van der Waals surface area contributed by atoms with Gasteiger partial charge in [0.25, 0.3) is 0 Å². The molecule has 0 aliphatic heterocycles. The zero-order valence-electron chi connectivity index (χ0n) is 10.8. The van der Waals surface area contributed by atoms with Gasteiger partial charge in [-0.05, 0) is 42.7 Å². The Labute approximate surface area is 113 Å². The van der Waals surface area contributed by atoms with Crippen LogP contribution < -0.4 is 0 Å². The van der Waals surface area contributed by atoms with E-state index in [1.807, 2.05) is 23.9 Å². The van der Waals surface area contributed by atoms with E-state index in [0.717, 1.165) is 11.3 Å². The van der Waals surface area contributed by atoms with Crippen molar-refractivity contribution in [3.63, 3.8) is 0 Å². The SMILES string of the molecule is Cc1ccc(C)c(CSc2ccc(CO)cc2)c1. The summed E-state index contributed by atoms with van der Waals surface area (Å²) in [5.74, 6) is 0.992. The van der Waals surface area contributed by atoms with Crippen molar-refractivity contribution in [1.82, 2.24) is 0 Å². The topological polar surface area (TPSA) is 20.2 Å². The maximum absolute atomic E-state index is 9.00. The first-order valence-electron chi connectivity index (χ1n) is 6.08. The highest BCUT2D eigenvalue weighted by molar-refractivity contribution is 7.98. The molecule has 2 aromatic rings. The lowest BCUT2D eigenvalue weighted by Gasteiger charge is -2.07. The van der Waals surface area contributed by atoms with Gasteiger partial charge in [0.05, 0.1) is 6.61 Å². The third-order valence-electron chi connectivity index (χ3n) is 3.00. The van der Waals surface area contributed by atoms with Crippen LogP contribution in [0.2, 0.25) is 0 Å². The van der Waals surface area contributed by atoms with Gasteiger partial charge in [0.15, 0.2) is 0 Å². The van der Waals surface area contributed by atoms with Crippen molar-refractivity contribution in [1.29, 1.82) is 0 Å². The molecule has 0 saturated carbocycles. The summed E-state index contributed by atoms with van der Waals surface area (Å²) in [6.07, 6.45) is 0. The van der Waals surface area contributed by atoms with E-state index in [2.05, 4.69) is 44.2 Å². The molecule has 0 radical (unpaired) electrons. The maximum atomic E-state index is 9.00. The van der Waals surface area contributed by atoms with Crippen LogP contribution >= 0.6 is 11.8 Å². The van der Waals surface area contributed by atoms with Crippen LogP contribution in [0.25, 0.3) is 0 Å². The number of aryl methyl sites for hydroxylation is 2. The maximum Gasteiger partial charge on any atom is 0.0681 e. The third kappa shape index (κ3) is 3.37. The molecule has 0 amide bonds. The zero-order valence-corrected chi connectivity index (χ0v) is 11.6. The van der Waals surface area contributed by atoms with Gasteiger partial charge >= 0.3 is 0 Å². The van der Waals surface area contributed by atoms with Crippen LogP contribution in [-0.4, -0.2) is 5.11 Å². The van der Waals surface area contributed by atoms with Crippen molar-refractivity contribution in [3.8, 4) is 0 Å². The minimum Gasteiger partial charge on any atom is -0.392 e. The monoisotopic (exact) mass is 258 g/mol. The first-order chi connectivity index (χ1) is 8.69. The number of rotatable bonds is 4. The Balaban J connectivity index is 2.04. The van der Waals surface area contributed by atoms with Crippen LogP contribution in [0.4, 0.5) is 0 Å². The Morgan fingerprint density at radius 2 is 1.72 bits per heavy atom. The zero-order chi connectivity index (χ0) is 13.0. The van der Waals surface area contributed by atoms with Gasteiger partial charge < -0.3 is 5.11 Å². The molecule has 0 unspecified atom stereocenters. The average molecular weight is 258 g/mol. The molecule has 0 fully saturated rings. The number of hydrogen-bond donors (Lipinski definition) is 1. The minimum absolute atomic E-state index is 0.113. The third-order valence-corrected chi connectivity index (χ3v) is 4.07. The van der Waals surface area contributed by atoms with Gasteiger partial charge in [0.2, 0.25) is 0 Å². The van der Waals surface area contributed by atoms with Crippen LogP contribution in [0.15, 0.2) is 47.4 Å². The molecule has 2 rings (SSSR count). The average Bonchev–Trinajstić information content (AvgIpc) is 2.40. The number of thioether (sulfide) groups is 1. The summed E-state index contributed by atoms with van der Waals surface area (Å²) in [5, 5.41) is 9.00. The summed E-state index contributed by atoms with van der Waals surface area (Å²) in [4.78, 5) is 1.24. The van der Waals surface area contributed by atoms with E-state index in [-0.39, 0.29) is 6.61 Å². The standard InChI is InChI=1S/C16H18OS/c1-12-3-4-13(2)15(9-12)11-18-16-7-5-14(10-17)6-8-16/h3-9,17H,10-11H2,1-2H3. The largest absolute Gasteiger partial charge is 0.392 e. The number of aliphatic hydroxyl groups excluding tert-OH is 1. The fourth-order valence-electron chi connectivity index (χ4n) is 1.81. The van der Waals surface area contributed by atoms with Gasteiger partial charge in [-0.2, -0.15) is 0 Å². The molecule has 2 aromatic carbocycles. The van der Waals surface area contributed by atoms with Crippen molar-refractivity contribution in [2.75, 3.05) is 0 Å². The van der Waals surface area contributed by atoms with Gasteiger partial charge in [-0.25, -0.2) is 0 Å². The molecule has 1 nitrogen and oxygen atoms in total. The Morgan fingerprint density at radius 1 is 1.00 bits per heavy atom. The molecule has 0 saturated heterocycles. The van der Waals surface area contributed by atoms with Gasteiger partial charge in [0, 0.05) is 10.6 Å². The molecule has 0 atom stereocenters. The van der Waals surface area contributed by atoms with Crippen LogP contribution in [0.5, 0.6) is 0 Å². The predicted molar refractivity (Wildman–Crippen MR) is 77.8 cm³/mol. The molecule has 18 heavy (non-hydrogen) atoms. The van der Waals surface area contributed by atoms with Crippen LogP contribution in [0.3, 0.4) is 0 Å². The van der Waals surface area contributed by atoms with E-state index in [1.54, 1.807) is 0 Å². The van der Waals surface area contributed by atoms with Crippen LogP contribution in [0, 0.1) is 13.8 Å². The number of benzene rings is 2. The summed E-state index contributed by atoms with van der Waals surface area (Å²) in [6.45, 7) is 4.40. The Morgan fingerprint density at radius 3 is 2.39 bits per heavy atom. The van der Waals surface area contributed by atoms with Crippen molar-refractivity contribution >= 4 is 11.8 Å². The smallest absolute Gasteiger partial charge is 0.0681 e. The Hall–Kier alpha value is -1.25. The van der Waals surface area contributed by atoms with E-state index >= 15 is 0 Å². The normalized spacial score (nSPS) is 10.6. The lowest BCUT2D eigenvalue weighted by atomic mass is 10.1. The van der Waals surface area contributed by atoms with E-state index in [0.29, 0.717) is 0 Å². The van der Waals surface area contributed by atoms with Gasteiger partial charge in [0.1, 0.15) is 0 Å². The van der Waals surface area contributed by atoms with Gasteiger partial charge in [-0.1, -0.05) is 35.9 Å². The second-order valence-electron chi connectivity index (χ2n) is 4.52. The second-order valence-corrected chi connectivity index (χ2v) is 5.57. The van der Waals surface area contributed by atoms with Gasteiger partial charge in [-0.15, -0.1) is 11.8 Å². The first kappa shape index (κ1) is 13.2.